The van der Waals surface area contributed by atoms with Crippen LogP contribution in [0.15, 0.2) is 75.6 Å². The molecule has 1 aliphatic rings. The standard InChI is InChI=1S/C35H42N2O3S/c1-3-4-5-6-7-8-9-10-11-12-16-34(38)40-36-32-23-24-37-33-22-21-28(41(39)27-19-17-26(2)18-20-27)25-31(33)29-14-13-15-30(32)35(29)37/h13-15,17-22,25H,3-12,16,23-24H2,1-2H3/b36-32+. The van der Waals surface area contributed by atoms with Crippen LogP contribution in [0.4, 0.5) is 0 Å². The van der Waals surface area contributed by atoms with E-state index in [4.69, 9.17) is 4.84 Å². The third-order valence-electron chi connectivity index (χ3n) is 8.18. The molecule has 4 aromatic rings. The lowest BCUT2D eigenvalue weighted by molar-refractivity contribution is -0.143. The van der Waals surface area contributed by atoms with Crippen LogP contribution in [0.5, 0.6) is 0 Å². The molecule has 6 heteroatoms. The van der Waals surface area contributed by atoms with Gasteiger partial charge >= 0.3 is 5.97 Å². The first-order valence-corrected chi connectivity index (χ1v) is 16.5. The molecule has 0 saturated carbocycles. The van der Waals surface area contributed by atoms with E-state index in [0.717, 1.165) is 67.8 Å². The molecule has 216 valence electrons. The van der Waals surface area contributed by atoms with Crippen molar-refractivity contribution in [2.75, 3.05) is 0 Å². The molecule has 0 bridgehead atoms. The van der Waals surface area contributed by atoms with E-state index in [1.54, 1.807) is 0 Å². The first-order valence-electron chi connectivity index (χ1n) is 15.4. The summed E-state index contributed by atoms with van der Waals surface area (Å²) in [5.41, 5.74) is 5.17. The second-order valence-corrected chi connectivity index (χ2v) is 12.8. The Hall–Kier alpha value is -3.09. The number of hydrogen-bond acceptors (Lipinski definition) is 4. The van der Waals surface area contributed by atoms with Crippen LogP contribution in [-0.2, 0) is 27.4 Å². The molecule has 3 aromatic carbocycles. The molecule has 1 aromatic heterocycles. The number of para-hydroxylation sites is 1. The predicted octanol–water partition coefficient (Wildman–Crippen LogP) is 9.23. The van der Waals surface area contributed by atoms with Crippen LogP contribution in [0, 0.1) is 6.92 Å². The number of oxime groups is 1. The largest absolute Gasteiger partial charge is 0.606 e. The minimum Gasteiger partial charge on any atom is -0.606 e. The molecule has 5 rings (SSSR count). The maximum absolute atomic E-state index is 13.3. The third-order valence-corrected chi connectivity index (χ3v) is 9.56. The lowest BCUT2D eigenvalue weighted by atomic mass is 10.0. The Morgan fingerprint density at radius 2 is 1.56 bits per heavy atom. The molecular weight excluding hydrogens is 528 g/mol. The number of unbranched alkanes of at least 4 members (excludes halogenated alkanes) is 9. The van der Waals surface area contributed by atoms with Gasteiger partial charge in [0.15, 0.2) is 9.79 Å². The molecule has 0 saturated heterocycles. The van der Waals surface area contributed by atoms with Gasteiger partial charge in [-0.25, -0.2) is 4.79 Å². The highest BCUT2D eigenvalue weighted by molar-refractivity contribution is 7.91. The van der Waals surface area contributed by atoms with Crippen LogP contribution in [0.2, 0.25) is 0 Å². The summed E-state index contributed by atoms with van der Waals surface area (Å²) in [5, 5.41) is 6.52. The highest BCUT2D eigenvalue weighted by Gasteiger charge is 2.24. The SMILES string of the molecule is CCCCCCCCCCCCC(=O)O/N=C1\CCn2c3ccc([S+]([O-])c4ccc(C)cc4)cc3c3cccc1c32. The fraction of sp³-hybridized carbons (Fsp3) is 0.429. The lowest BCUT2D eigenvalue weighted by Gasteiger charge is -2.18. The van der Waals surface area contributed by atoms with E-state index in [9.17, 15) is 9.35 Å². The third kappa shape index (κ3) is 7.04. The summed E-state index contributed by atoms with van der Waals surface area (Å²) in [6, 6.07) is 20.2. The molecule has 0 N–H and O–H groups in total. The molecule has 0 radical (unpaired) electrons. The summed E-state index contributed by atoms with van der Waals surface area (Å²) >= 11 is -1.25. The topological polar surface area (TPSA) is 66.6 Å². The average Bonchev–Trinajstić information content (AvgIpc) is 3.32. The summed E-state index contributed by atoms with van der Waals surface area (Å²) < 4.78 is 15.6. The second-order valence-electron chi connectivity index (χ2n) is 11.3. The van der Waals surface area contributed by atoms with E-state index in [1.807, 2.05) is 43.3 Å². The molecule has 1 atom stereocenters. The molecular formula is C35H42N2O3S. The van der Waals surface area contributed by atoms with Crippen molar-refractivity contribution in [2.24, 2.45) is 5.16 Å². The zero-order valence-corrected chi connectivity index (χ0v) is 25.3. The highest BCUT2D eigenvalue weighted by Crippen LogP contribution is 2.37. The van der Waals surface area contributed by atoms with Gasteiger partial charge in [0.1, 0.15) is 0 Å². The first-order chi connectivity index (χ1) is 20.1. The maximum atomic E-state index is 13.3. The summed E-state index contributed by atoms with van der Waals surface area (Å²) in [6.07, 6.45) is 13.5. The number of aromatic nitrogens is 1. The van der Waals surface area contributed by atoms with Crippen molar-refractivity contribution >= 4 is 44.7 Å². The Balaban J connectivity index is 1.22. The van der Waals surface area contributed by atoms with Crippen LogP contribution >= 0.6 is 0 Å². The van der Waals surface area contributed by atoms with Gasteiger partial charge in [-0.1, -0.05) is 106 Å². The smallest absolute Gasteiger partial charge is 0.335 e. The van der Waals surface area contributed by atoms with Crippen molar-refractivity contribution in [3.8, 4) is 0 Å². The molecule has 2 heterocycles. The van der Waals surface area contributed by atoms with Gasteiger partial charge in [0.05, 0.1) is 11.2 Å². The zero-order valence-electron chi connectivity index (χ0n) is 24.5. The number of hydrogen-bond donors (Lipinski definition) is 0. The highest BCUT2D eigenvalue weighted by atomic mass is 32.2. The molecule has 5 nitrogen and oxygen atoms in total. The Morgan fingerprint density at radius 1 is 0.878 bits per heavy atom. The summed E-state index contributed by atoms with van der Waals surface area (Å²) in [7, 11) is 0. The summed E-state index contributed by atoms with van der Waals surface area (Å²) in [5.74, 6) is -0.251. The fourth-order valence-electron chi connectivity index (χ4n) is 5.87. The van der Waals surface area contributed by atoms with Gasteiger partial charge in [0.2, 0.25) is 0 Å². The van der Waals surface area contributed by atoms with Crippen molar-refractivity contribution in [1.29, 1.82) is 0 Å². The number of fused-ring (bicyclic) bond motifs is 3. The molecule has 0 spiro atoms. The fourth-order valence-corrected chi connectivity index (χ4v) is 6.94. The minimum atomic E-state index is -1.25. The van der Waals surface area contributed by atoms with Gasteiger partial charge in [-0.2, -0.15) is 0 Å². The van der Waals surface area contributed by atoms with Crippen molar-refractivity contribution in [1.82, 2.24) is 4.57 Å². The molecule has 1 aliphatic heterocycles. The van der Waals surface area contributed by atoms with E-state index in [-0.39, 0.29) is 5.97 Å². The van der Waals surface area contributed by atoms with Crippen molar-refractivity contribution in [3.05, 3.63) is 71.8 Å². The van der Waals surface area contributed by atoms with Crippen LogP contribution in [0.3, 0.4) is 0 Å². The van der Waals surface area contributed by atoms with E-state index < -0.39 is 11.2 Å². The van der Waals surface area contributed by atoms with Gasteiger partial charge in [-0.05, 0) is 37.6 Å². The van der Waals surface area contributed by atoms with Gasteiger partial charge in [-0.15, -0.1) is 0 Å². The monoisotopic (exact) mass is 570 g/mol. The average molecular weight is 571 g/mol. The van der Waals surface area contributed by atoms with Crippen LogP contribution in [-0.4, -0.2) is 20.8 Å². The lowest BCUT2D eigenvalue weighted by Crippen LogP contribution is -2.16. The minimum absolute atomic E-state index is 0.251. The van der Waals surface area contributed by atoms with Crippen molar-refractivity contribution < 1.29 is 14.2 Å². The quantitative estimate of drug-likeness (QED) is 0.0657. The Morgan fingerprint density at radius 3 is 2.29 bits per heavy atom. The van der Waals surface area contributed by atoms with Gasteiger partial charge in [-0.3, -0.25) is 0 Å². The van der Waals surface area contributed by atoms with Gasteiger partial charge < -0.3 is 14.0 Å². The predicted molar refractivity (Wildman–Crippen MR) is 169 cm³/mol. The van der Waals surface area contributed by atoms with Crippen molar-refractivity contribution in [2.45, 2.75) is 107 Å². The van der Waals surface area contributed by atoms with Crippen LogP contribution in [0.1, 0.15) is 95.1 Å². The normalized spacial score (nSPS) is 14.7. The Kier molecular flexibility index (Phi) is 10.2. The number of carbonyl (C=O) groups excluding carboxylic acids is 1. The van der Waals surface area contributed by atoms with E-state index >= 15 is 0 Å². The number of nitrogens with zero attached hydrogens (tertiary/aromatic N) is 2. The summed E-state index contributed by atoms with van der Waals surface area (Å²) in [6.45, 7) is 5.04. The van der Waals surface area contributed by atoms with Crippen LogP contribution in [0.25, 0.3) is 21.8 Å². The number of carbonyl (C=O) groups is 1. The zero-order chi connectivity index (χ0) is 28.6. The van der Waals surface area contributed by atoms with Gasteiger partial charge in [0.25, 0.3) is 0 Å². The summed E-state index contributed by atoms with van der Waals surface area (Å²) in [4.78, 5) is 19.4. The number of benzene rings is 3. The van der Waals surface area contributed by atoms with Crippen LogP contribution < -0.4 is 0 Å². The molecule has 1 unspecified atom stereocenters. The Bertz CT molecular complexity index is 1510. The number of rotatable bonds is 14. The van der Waals surface area contributed by atoms with Gasteiger partial charge in [0, 0.05) is 58.5 Å². The van der Waals surface area contributed by atoms with E-state index in [0.29, 0.717) is 12.8 Å². The maximum Gasteiger partial charge on any atom is 0.335 e. The molecule has 0 aliphatic carbocycles. The van der Waals surface area contributed by atoms with E-state index in [2.05, 4.69) is 40.9 Å². The molecule has 0 fully saturated rings. The number of aryl methyl sites for hydroxylation is 2. The Labute approximate surface area is 247 Å². The second kappa shape index (κ2) is 14.2. The molecule has 0 amide bonds. The molecule has 41 heavy (non-hydrogen) atoms. The van der Waals surface area contributed by atoms with E-state index in [1.165, 1.54) is 51.4 Å². The first kappa shape index (κ1) is 29.4. The van der Waals surface area contributed by atoms with Crippen molar-refractivity contribution in [3.63, 3.8) is 0 Å².